The van der Waals surface area contributed by atoms with Gasteiger partial charge >= 0.3 is 0 Å². The molecular formula is C10H14N2. The van der Waals surface area contributed by atoms with Crippen LogP contribution in [0.25, 0.3) is 6.08 Å². The molecule has 0 aliphatic heterocycles. The number of rotatable bonds is 3. The molecule has 0 unspecified atom stereocenters. The number of nitrogens with zero attached hydrogens (tertiary/aromatic N) is 2. The molecule has 0 aromatic carbocycles. The van der Waals surface area contributed by atoms with Crippen LogP contribution in [0.5, 0.6) is 0 Å². The van der Waals surface area contributed by atoms with Crippen molar-refractivity contribution < 1.29 is 0 Å². The average Bonchev–Trinajstić information content (AvgIpc) is 2.15. The molecule has 0 fully saturated rings. The van der Waals surface area contributed by atoms with Crippen molar-refractivity contribution in [2.45, 2.75) is 26.7 Å². The number of hydrogen-bond acceptors (Lipinski definition) is 2. The van der Waals surface area contributed by atoms with Crippen molar-refractivity contribution in [3.8, 4) is 0 Å². The molecule has 2 nitrogen and oxygen atoms in total. The standard InChI is InChI=1S/C10H14N2/c1-3-5-6-10-8-12-11-7-9(10)4-2/h5-8H,3-4H2,1-2H3/b6-5-. The second-order valence-corrected chi connectivity index (χ2v) is 2.63. The molecule has 0 bridgehead atoms. The molecule has 0 atom stereocenters. The highest BCUT2D eigenvalue weighted by Gasteiger charge is 1.95. The highest BCUT2D eigenvalue weighted by Crippen LogP contribution is 2.08. The Bertz CT molecular complexity index is 266. The van der Waals surface area contributed by atoms with Crippen LogP contribution < -0.4 is 0 Å². The first-order valence-electron chi connectivity index (χ1n) is 4.34. The van der Waals surface area contributed by atoms with Crippen LogP contribution in [-0.2, 0) is 6.42 Å². The van der Waals surface area contributed by atoms with Crippen LogP contribution in [0.2, 0.25) is 0 Å². The van der Waals surface area contributed by atoms with Gasteiger partial charge in [-0.3, -0.25) is 0 Å². The normalized spacial score (nSPS) is 10.8. The molecular weight excluding hydrogens is 148 g/mol. The van der Waals surface area contributed by atoms with E-state index in [-0.39, 0.29) is 0 Å². The Hall–Kier alpha value is -1.18. The number of aryl methyl sites for hydroxylation is 1. The van der Waals surface area contributed by atoms with Crippen LogP contribution in [-0.4, -0.2) is 10.2 Å². The molecule has 0 radical (unpaired) electrons. The zero-order valence-electron chi connectivity index (χ0n) is 7.62. The predicted molar refractivity (Wildman–Crippen MR) is 50.7 cm³/mol. The second-order valence-electron chi connectivity index (χ2n) is 2.63. The third-order valence-electron chi connectivity index (χ3n) is 1.76. The Balaban J connectivity index is 2.89. The summed E-state index contributed by atoms with van der Waals surface area (Å²) in [5.41, 5.74) is 2.45. The lowest BCUT2D eigenvalue weighted by atomic mass is 10.1. The summed E-state index contributed by atoms with van der Waals surface area (Å²) in [6.07, 6.45) is 9.95. The molecule has 0 aliphatic carbocycles. The summed E-state index contributed by atoms with van der Waals surface area (Å²) >= 11 is 0. The van der Waals surface area contributed by atoms with Crippen molar-refractivity contribution in [1.82, 2.24) is 10.2 Å². The molecule has 64 valence electrons. The summed E-state index contributed by atoms with van der Waals surface area (Å²) < 4.78 is 0. The molecule has 0 N–H and O–H groups in total. The van der Waals surface area contributed by atoms with Gasteiger partial charge < -0.3 is 0 Å². The smallest absolute Gasteiger partial charge is 0.0571 e. The highest BCUT2D eigenvalue weighted by molar-refractivity contribution is 5.51. The molecule has 12 heavy (non-hydrogen) atoms. The first kappa shape index (κ1) is 8.91. The van der Waals surface area contributed by atoms with Gasteiger partial charge in [0.2, 0.25) is 0 Å². The van der Waals surface area contributed by atoms with Crippen molar-refractivity contribution in [1.29, 1.82) is 0 Å². The Labute approximate surface area is 73.3 Å². The lowest BCUT2D eigenvalue weighted by Gasteiger charge is -1.99. The van der Waals surface area contributed by atoms with E-state index in [0.717, 1.165) is 12.8 Å². The Kier molecular flexibility index (Phi) is 3.45. The number of aromatic nitrogens is 2. The fourth-order valence-electron chi connectivity index (χ4n) is 1.05. The minimum atomic E-state index is 1.01. The van der Waals surface area contributed by atoms with Gasteiger partial charge in [-0.25, -0.2) is 0 Å². The Morgan fingerprint density at radius 3 is 2.67 bits per heavy atom. The lowest BCUT2D eigenvalue weighted by Crippen LogP contribution is -1.90. The van der Waals surface area contributed by atoms with E-state index in [2.05, 4.69) is 36.2 Å². The summed E-state index contributed by atoms with van der Waals surface area (Å²) in [5, 5.41) is 7.69. The van der Waals surface area contributed by atoms with E-state index < -0.39 is 0 Å². The van der Waals surface area contributed by atoms with Crippen LogP contribution >= 0.6 is 0 Å². The molecule has 1 rings (SSSR count). The van der Waals surface area contributed by atoms with Gasteiger partial charge in [-0.1, -0.05) is 26.0 Å². The van der Waals surface area contributed by atoms with Gasteiger partial charge in [-0.05, 0) is 24.0 Å². The van der Waals surface area contributed by atoms with Crippen molar-refractivity contribution in [3.63, 3.8) is 0 Å². The van der Waals surface area contributed by atoms with E-state index in [1.54, 1.807) is 0 Å². The van der Waals surface area contributed by atoms with Gasteiger partial charge in [0.1, 0.15) is 0 Å². The maximum Gasteiger partial charge on any atom is 0.0571 e. The number of hydrogen-bond donors (Lipinski definition) is 0. The molecule has 0 saturated carbocycles. The van der Waals surface area contributed by atoms with Crippen LogP contribution in [0.15, 0.2) is 18.5 Å². The van der Waals surface area contributed by atoms with Crippen LogP contribution in [0, 0.1) is 0 Å². The van der Waals surface area contributed by atoms with Gasteiger partial charge in [0.15, 0.2) is 0 Å². The van der Waals surface area contributed by atoms with Crippen molar-refractivity contribution >= 4 is 6.08 Å². The molecule has 1 heterocycles. The third kappa shape index (κ3) is 2.16. The van der Waals surface area contributed by atoms with Gasteiger partial charge in [0.25, 0.3) is 0 Å². The van der Waals surface area contributed by atoms with Crippen molar-refractivity contribution in [2.75, 3.05) is 0 Å². The lowest BCUT2D eigenvalue weighted by molar-refractivity contribution is 0.976. The molecule has 0 aliphatic rings. The van der Waals surface area contributed by atoms with E-state index in [1.165, 1.54) is 11.1 Å². The molecule has 0 spiro atoms. The largest absolute Gasteiger partial charge is 0.159 e. The number of allylic oxidation sites excluding steroid dienone is 1. The monoisotopic (exact) mass is 162 g/mol. The van der Waals surface area contributed by atoms with E-state index >= 15 is 0 Å². The van der Waals surface area contributed by atoms with Crippen LogP contribution in [0.3, 0.4) is 0 Å². The van der Waals surface area contributed by atoms with Crippen molar-refractivity contribution in [2.24, 2.45) is 0 Å². The summed E-state index contributed by atoms with van der Waals surface area (Å²) in [4.78, 5) is 0. The minimum Gasteiger partial charge on any atom is -0.159 e. The molecule has 0 saturated heterocycles. The zero-order chi connectivity index (χ0) is 8.81. The molecule has 2 heteroatoms. The predicted octanol–water partition coefficient (Wildman–Crippen LogP) is 2.46. The molecule has 0 amide bonds. The summed E-state index contributed by atoms with van der Waals surface area (Å²) in [5.74, 6) is 0. The SMILES string of the molecule is CC/C=C\c1cnncc1CC. The fraction of sp³-hybridized carbons (Fsp3) is 0.400. The summed E-state index contributed by atoms with van der Waals surface area (Å²) in [7, 11) is 0. The first-order chi connectivity index (χ1) is 5.88. The maximum absolute atomic E-state index is 3.84. The summed E-state index contributed by atoms with van der Waals surface area (Å²) in [6.45, 7) is 4.25. The molecule has 1 aromatic heterocycles. The Morgan fingerprint density at radius 1 is 1.25 bits per heavy atom. The van der Waals surface area contributed by atoms with Crippen LogP contribution in [0.1, 0.15) is 31.4 Å². The Morgan fingerprint density at radius 2 is 2.00 bits per heavy atom. The average molecular weight is 162 g/mol. The van der Waals surface area contributed by atoms with E-state index in [0.29, 0.717) is 0 Å². The third-order valence-corrected chi connectivity index (χ3v) is 1.76. The van der Waals surface area contributed by atoms with Gasteiger partial charge in [-0.15, -0.1) is 0 Å². The van der Waals surface area contributed by atoms with E-state index in [1.807, 2.05) is 12.4 Å². The van der Waals surface area contributed by atoms with Gasteiger partial charge in [0, 0.05) is 0 Å². The zero-order valence-corrected chi connectivity index (χ0v) is 7.62. The first-order valence-corrected chi connectivity index (χ1v) is 4.34. The second kappa shape index (κ2) is 4.65. The highest BCUT2D eigenvalue weighted by atomic mass is 15.1. The van der Waals surface area contributed by atoms with Crippen LogP contribution in [0.4, 0.5) is 0 Å². The summed E-state index contributed by atoms with van der Waals surface area (Å²) in [6, 6.07) is 0. The maximum atomic E-state index is 3.84. The van der Waals surface area contributed by atoms with E-state index in [4.69, 9.17) is 0 Å². The fourth-order valence-corrected chi connectivity index (χ4v) is 1.05. The minimum absolute atomic E-state index is 1.01. The van der Waals surface area contributed by atoms with E-state index in [9.17, 15) is 0 Å². The van der Waals surface area contributed by atoms with Crippen molar-refractivity contribution in [3.05, 3.63) is 29.6 Å². The van der Waals surface area contributed by atoms with Gasteiger partial charge in [-0.2, -0.15) is 10.2 Å². The molecule has 1 aromatic rings. The topological polar surface area (TPSA) is 25.8 Å². The quantitative estimate of drug-likeness (QED) is 0.682. The van der Waals surface area contributed by atoms with Gasteiger partial charge in [0.05, 0.1) is 12.4 Å².